The van der Waals surface area contributed by atoms with Crippen molar-refractivity contribution in [2.24, 2.45) is 34.6 Å². The van der Waals surface area contributed by atoms with E-state index in [1.807, 2.05) is 0 Å². The Morgan fingerprint density at radius 3 is 2.29 bits per heavy atom. The van der Waals surface area contributed by atoms with Crippen LogP contribution in [0.25, 0.3) is 0 Å². The molecular formula is C26H50N6O10. The second-order valence-electron chi connectivity index (χ2n) is 12.2. The number of rotatable bonds is 13. The normalized spacial score (nSPS) is 47.8. The molecule has 42 heavy (non-hydrogen) atoms. The van der Waals surface area contributed by atoms with Crippen LogP contribution in [0.3, 0.4) is 0 Å². The Balaban J connectivity index is 1.49. The first-order valence-electron chi connectivity index (χ1n) is 14.9. The zero-order chi connectivity index (χ0) is 30.8. The van der Waals surface area contributed by atoms with Gasteiger partial charge in [-0.3, -0.25) is 4.79 Å². The van der Waals surface area contributed by atoms with E-state index in [1.54, 1.807) is 0 Å². The van der Waals surface area contributed by atoms with Crippen LogP contribution in [0, 0.1) is 5.92 Å². The van der Waals surface area contributed by atoms with Gasteiger partial charge >= 0.3 is 0 Å². The van der Waals surface area contributed by atoms with Gasteiger partial charge in [0.1, 0.15) is 36.1 Å². The summed E-state index contributed by atoms with van der Waals surface area (Å²) in [4.78, 5) is 13.0. The third kappa shape index (κ3) is 7.47. The standard InChI is InChI=1S/C26H50N6O10/c27-4-1-5-32-9-12-2-3-13(28)24(39-12)42-23-14(29)6-11(7-17(34)26(38)8-16(26)30)22(21(23)37)41-25-20(36)18(31)19(35)15(10-33)40-25/h11-16,18-25,32-33,35-38H,1-10,27-31H2/t11-,12-,13+,14-,15+,16?,18-,19+,20+,21+,22-,23?,24+,25+,26?/m0/s1. The van der Waals surface area contributed by atoms with E-state index in [9.17, 15) is 30.3 Å². The number of nitrogens with two attached hydrogens (primary N) is 5. The van der Waals surface area contributed by atoms with Crippen molar-refractivity contribution in [1.82, 2.24) is 5.32 Å². The second-order valence-corrected chi connectivity index (χ2v) is 12.2. The maximum absolute atomic E-state index is 13.0. The van der Waals surface area contributed by atoms with E-state index in [1.165, 1.54) is 0 Å². The number of hydrogen-bond acceptors (Lipinski definition) is 16. The highest BCUT2D eigenvalue weighted by atomic mass is 16.7. The van der Waals surface area contributed by atoms with E-state index in [4.69, 9.17) is 47.6 Å². The van der Waals surface area contributed by atoms with Crippen LogP contribution in [0.5, 0.6) is 0 Å². The SMILES string of the molecule is NCCCNC[C@@H]1CC[C@@H](N)[C@@H](OC2[C@@H](N)C[C@@H](CC(=O)C3(O)CC3N)[C@H](O[C@H]3O[C@H](CO)[C@@H](O)[C@H](N)[C@H]3O)[C@H]2O)O1. The monoisotopic (exact) mass is 606 g/mol. The molecule has 4 aliphatic rings. The molecule has 0 spiro atoms. The summed E-state index contributed by atoms with van der Waals surface area (Å²) < 4.78 is 23.9. The number of nitrogens with one attached hydrogen (secondary N) is 1. The van der Waals surface area contributed by atoms with Gasteiger partial charge in [-0.1, -0.05) is 0 Å². The lowest BCUT2D eigenvalue weighted by atomic mass is 9.76. The number of ketones is 1. The van der Waals surface area contributed by atoms with Gasteiger partial charge < -0.3 is 78.5 Å². The van der Waals surface area contributed by atoms with E-state index >= 15 is 0 Å². The lowest BCUT2D eigenvalue weighted by molar-refractivity contribution is -0.318. The maximum Gasteiger partial charge on any atom is 0.186 e. The smallest absolute Gasteiger partial charge is 0.186 e. The van der Waals surface area contributed by atoms with Crippen molar-refractivity contribution in [3.8, 4) is 0 Å². The van der Waals surface area contributed by atoms with Gasteiger partial charge in [0, 0.05) is 31.5 Å². The Bertz CT molecular complexity index is 893. The summed E-state index contributed by atoms with van der Waals surface area (Å²) in [5.41, 5.74) is 28.4. The maximum atomic E-state index is 13.0. The minimum Gasteiger partial charge on any atom is -0.394 e. The Kier molecular flexibility index (Phi) is 11.7. The molecule has 0 aromatic rings. The van der Waals surface area contributed by atoms with Crippen LogP contribution < -0.4 is 34.0 Å². The summed E-state index contributed by atoms with van der Waals surface area (Å²) in [5, 5.41) is 55.9. The highest BCUT2D eigenvalue weighted by Gasteiger charge is 2.58. The van der Waals surface area contributed by atoms with E-state index in [0.717, 1.165) is 13.0 Å². The molecule has 16 heteroatoms. The molecule has 2 aliphatic heterocycles. The van der Waals surface area contributed by atoms with Crippen molar-refractivity contribution in [2.45, 2.75) is 124 Å². The second kappa shape index (κ2) is 14.4. The van der Waals surface area contributed by atoms with Crippen molar-refractivity contribution in [3.63, 3.8) is 0 Å². The fourth-order valence-electron chi connectivity index (χ4n) is 6.11. The Morgan fingerprint density at radius 2 is 1.64 bits per heavy atom. The van der Waals surface area contributed by atoms with Crippen molar-refractivity contribution in [2.75, 3.05) is 26.2 Å². The molecule has 0 amide bonds. The molecule has 0 aromatic carbocycles. The van der Waals surface area contributed by atoms with Crippen LogP contribution in [-0.2, 0) is 23.7 Å². The Labute approximate surface area is 245 Å². The molecule has 4 fully saturated rings. The molecule has 244 valence electrons. The average molecular weight is 607 g/mol. The molecule has 16 nitrogen and oxygen atoms in total. The van der Waals surface area contributed by atoms with Crippen LogP contribution in [0.1, 0.15) is 38.5 Å². The van der Waals surface area contributed by atoms with Gasteiger partial charge in [0.05, 0.1) is 30.9 Å². The minimum atomic E-state index is -1.65. The van der Waals surface area contributed by atoms with E-state index in [0.29, 0.717) is 25.9 Å². The predicted octanol–water partition coefficient (Wildman–Crippen LogP) is -5.58. The summed E-state index contributed by atoms with van der Waals surface area (Å²) in [6.45, 7) is 1.29. The zero-order valence-corrected chi connectivity index (χ0v) is 23.8. The fourth-order valence-corrected chi connectivity index (χ4v) is 6.11. The first-order chi connectivity index (χ1) is 19.9. The summed E-state index contributed by atoms with van der Waals surface area (Å²) in [7, 11) is 0. The zero-order valence-electron chi connectivity index (χ0n) is 23.8. The molecule has 0 aromatic heterocycles. The number of Topliss-reactive ketones (excluding diaryl/α,β-unsaturated/α-hetero) is 1. The number of carbonyl (C=O) groups is 1. The molecule has 2 saturated carbocycles. The van der Waals surface area contributed by atoms with Crippen molar-refractivity contribution in [1.29, 1.82) is 0 Å². The third-order valence-corrected chi connectivity index (χ3v) is 9.00. The predicted molar refractivity (Wildman–Crippen MR) is 147 cm³/mol. The quantitative estimate of drug-likeness (QED) is 0.0871. The van der Waals surface area contributed by atoms with Crippen molar-refractivity contribution in [3.05, 3.63) is 0 Å². The number of ether oxygens (including phenoxy) is 4. The summed E-state index contributed by atoms with van der Waals surface area (Å²) >= 11 is 0. The molecule has 15 atom stereocenters. The number of aliphatic hydroxyl groups is 5. The van der Waals surface area contributed by atoms with Crippen LogP contribution >= 0.6 is 0 Å². The van der Waals surface area contributed by atoms with Crippen molar-refractivity contribution < 1.29 is 49.3 Å². The largest absolute Gasteiger partial charge is 0.394 e. The average Bonchev–Trinajstić information content (AvgIpc) is 3.59. The lowest BCUT2D eigenvalue weighted by Gasteiger charge is -2.48. The van der Waals surface area contributed by atoms with E-state index in [2.05, 4.69) is 5.32 Å². The summed E-state index contributed by atoms with van der Waals surface area (Å²) in [5.74, 6) is -1.24. The van der Waals surface area contributed by atoms with E-state index in [-0.39, 0.29) is 25.4 Å². The molecule has 0 radical (unpaired) electrons. The Hall–Kier alpha value is -0.930. The first kappa shape index (κ1) is 34.0. The number of hydrogen-bond donors (Lipinski definition) is 11. The van der Waals surface area contributed by atoms with Crippen LogP contribution in [0.2, 0.25) is 0 Å². The molecule has 2 saturated heterocycles. The van der Waals surface area contributed by atoms with Gasteiger partial charge in [-0.05, 0) is 44.7 Å². The molecule has 2 heterocycles. The van der Waals surface area contributed by atoms with E-state index < -0.39 is 97.3 Å². The molecular weight excluding hydrogens is 556 g/mol. The Morgan fingerprint density at radius 1 is 0.952 bits per heavy atom. The topological polar surface area (TPSA) is 297 Å². The number of aliphatic hydroxyl groups excluding tert-OH is 4. The molecule has 4 rings (SSSR count). The van der Waals surface area contributed by atoms with Gasteiger partial charge in [0.25, 0.3) is 0 Å². The highest BCUT2D eigenvalue weighted by molar-refractivity contribution is 5.91. The molecule has 2 aliphatic carbocycles. The molecule has 3 unspecified atom stereocenters. The molecule has 16 N–H and O–H groups in total. The van der Waals surface area contributed by atoms with Gasteiger partial charge in [-0.2, -0.15) is 0 Å². The third-order valence-electron chi connectivity index (χ3n) is 9.00. The van der Waals surface area contributed by atoms with Gasteiger partial charge in [0.2, 0.25) is 0 Å². The lowest BCUT2D eigenvalue weighted by Crippen LogP contribution is -2.66. The fraction of sp³-hybridized carbons (Fsp3) is 0.962. The van der Waals surface area contributed by atoms with Crippen LogP contribution in [0.15, 0.2) is 0 Å². The highest BCUT2D eigenvalue weighted by Crippen LogP contribution is 2.41. The van der Waals surface area contributed by atoms with Gasteiger partial charge in [0.15, 0.2) is 18.4 Å². The van der Waals surface area contributed by atoms with Gasteiger partial charge in [-0.15, -0.1) is 0 Å². The van der Waals surface area contributed by atoms with Gasteiger partial charge in [-0.25, -0.2) is 0 Å². The van der Waals surface area contributed by atoms with Crippen LogP contribution in [-0.4, -0.2) is 143 Å². The molecule has 0 bridgehead atoms. The summed E-state index contributed by atoms with van der Waals surface area (Å²) in [6.07, 6.45) is -8.04. The first-order valence-corrected chi connectivity index (χ1v) is 14.9. The summed E-state index contributed by atoms with van der Waals surface area (Å²) in [6, 6.07) is -3.16. The van der Waals surface area contributed by atoms with Crippen LogP contribution in [0.4, 0.5) is 0 Å². The minimum absolute atomic E-state index is 0.124. The van der Waals surface area contributed by atoms with Crippen molar-refractivity contribution >= 4 is 5.78 Å². The number of carbonyl (C=O) groups excluding carboxylic acids is 1.